The fourth-order valence-corrected chi connectivity index (χ4v) is 5.16. The second kappa shape index (κ2) is 19.8. The molecule has 2 heterocycles. The summed E-state index contributed by atoms with van der Waals surface area (Å²) in [4.78, 5) is 10.3. The van der Waals surface area contributed by atoms with E-state index in [9.17, 15) is 0 Å². The zero-order valence-corrected chi connectivity index (χ0v) is 23.1. The maximum atomic E-state index is 3.87. The summed E-state index contributed by atoms with van der Waals surface area (Å²) in [5, 5.41) is 0. The molecule has 1 N–H and O–H groups in total. The minimum atomic E-state index is 0.658. The molecule has 2 aliphatic rings. The highest BCUT2D eigenvalue weighted by Gasteiger charge is 2.27. The van der Waals surface area contributed by atoms with Crippen molar-refractivity contribution < 1.29 is 0 Å². The monoisotopic (exact) mass is 494 g/mol. The third-order valence-electron chi connectivity index (χ3n) is 5.43. The third kappa shape index (κ3) is 13.8. The first-order valence-electron chi connectivity index (χ1n) is 11.6. The highest BCUT2D eigenvalue weighted by molar-refractivity contribution is 8.21. The Labute approximate surface area is 210 Å². The van der Waals surface area contributed by atoms with Crippen LogP contribution in [-0.4, -0.2) is 59.3 Å². The number of piperidine rings is 1. The number of aromatic nitrogens is 2. The normalized spacial score (nSPS) is 21.2. The lowest BCUT2D eigenvalue weighted by Crippen LogP contribution is -2.43. The molecule has 32 heavy (non-hydrogen) atoms. The van der Waals surface area contributed by atoms with E-state index in [4.69, 9.17) is 0 Å². The summed E-state index contributed by atoms with van der Waals surface area (Å²) in [6.45, 7) is 7.76. The molecule has 7 heteroatoms. The Hall–Kier alpha value is -0.650. The van der Waals surface area contributed by atoms with Crippen LogP contribution in [0.1, 0.15) is 57.6 Å². The molecule has 1 aliphatic carbocycles. The summed E-state index contributed by atoms with van der Waals surface area (Å²) < 4.78 is 5.03. The smallest absolute Gasteiger partial charge is 0.115 e. The first kappa shape index (κ1) is 29.4. The number of allylic oxidation sites excluding steroid dienone is 1. The zero-order valence-electron chi connectivity index (χ0n) is 20.6. The van der Waals surface area contributed by atoms with Gasteiger partial charge in [0.2, 0.25) is 0 Å². The van der Waals surface area contributed by atoms with Crippen molar-refractivity contribution in [2.75, 3.05) is 38.4 Å². The zero-order chi connectivity index (χ0) is 23.4. The van der Waals surface area contributed by atoms with E-state index in [1.165, 1.54) is 75.1 Å². The average Bonchev–Trinajstić information content (AvgIpc) is 2.82. The van der Waals surface area contributed by atoms with Crippen LogP contribution in [0.2, 0.25) is 0 Å². The molecule has 0 radical (unpaired) electrons. The lowest BCUT2D eigenvalue weighted by Gasteiger charge is -2.37. The number of nitrogens with one attached hydrogen (secondary N) is 1. The van der Waals surface area contributed by atoms with Crippen molar-refractivity contribution in [3.05, 3.63) is 34.6 Å². The molecule has 0 bridgehead atoms. The second-order valence-corrected chi connectivity index (χ2v) is 10.9. The lowest BCUT2D eigenvalue weighted by molar-refractivity contribution is 0.157. The van der Waals surface area contributed by atoms with E-state index in [0.717, 1.165) is 11.6 Å². The summed E-state index contributed by atoms with van der Waals surface area (Å²) in [6, 6.07) is 2.52. The fourth-order valence-electron chi connectivity index (χ4n) is 3.81. The van der Waals surface area contributed by atoms with Gasteiger partial charge in [0.15, 0.2) is 0 Å². The molecular weight excluding hydrogens is 453 g/mol. The maximum absolute atomic E-state index is 3.87. The molecule has 1 saturated heterocycles. The molecule has 1 unspecified atom stereocenters. The van der Waals surface area contributed by atoms with Gasteiger partial charge in [-0.25, -0.2) is 9.97 Å². The lowest BCUT2D eigenvalue weighted by atomic mass is 9.84. The van der Waals surface area contributed by atoms with Crippen LogP contribution in [0, 0.1) is 24.7 Å². The molecule has 1 saturated carbocycles. The average molecular weight is 495 g/mol. The summed E-state index contributed by atoms with van der Waals surface area (Å²) in [6.07, 6.45) is 21.2. The van der Waals surface area contributed by atoms with Gasteiger partial charge in [-0.15, -0.1) is 17.7 Å². The summed E-state index contributed by atoms with van der Waals surface area (Å²) >= 11 is 5.32. The van der Waals surface area contributed by atoms with Crippen LogP contribution < -0.4 is 4.72 Å². The van der Waals surface area contributed by atoms with Gasteiger partial charge < -0.3 is 4.90 Å². The number of hydrogen-bond donors (Lipinski definition) is 1. The second-order valence-electron chi connectivity index (χ2n) is 8.05. The van der Waals surface area contributed by atoms with E-state index in [1.54, 1.807) is 41.7 Å². The van der Waals surface area contributed by atoms with Crippen LogP contribution in [-0.2, 0) is 0 Å². The van der Waals surface area contributed by atoms with Crippen molar-refractivity contribution in [1.29, 1.82) is 0 Å². The molecule has 1 aliphatic heterocycles. The predicted molar refractivity (Wildman–Crippen MR) is 148 cm³/mol. The van der Waals surface area contributed by atoms with Crippen LogP contribution in [0.4, 0.5) is 0 Å². The van der Waals surface area contributed by atoms with Crippen molar-refractivity contribution >= 4 is 35.5 Å². The fraction of sp³-hybridized carbons (Fsp3) is 0.680. The minimum absolute atomic E-state index is 0.658. The van der Waals surface area contributed by atoms with Gasteiger partial charge in [0.05, 0.1) is 4.24 Å². The molecule has 2 fully saturated rings. The molecular formula is C25H42N4S3. The van der Waals surface area contributed by atoms with E-state index in [-0.39, 0.29) is 0 Å². The Bertz CT molecular complexity index is 667. The van der Waals surface area contributed by atoms with Crippen LogP contribution in [0.25, 0.3) is 0 Å². The van der Waals surface area contributed by atoms with E-state index < -0.39 is 0 Å². The Kier molecular flexibility index (Phi) is 18.2. The van der Waals surface area contributed by atoms with E-state index in [0.29, 0.717) is 6.04 Å². The number of likely N-dealkylation sites (tertiary alicyclic amines) is 1. The Morgan fingerprint density at radius 1 is 1.16 bits per heavy atom. The third-order valence-corrected chi connectivity index (χ3v) is 7.44. The molecule has 180 valence electrons. The molecule has 1 aromatic heterocycles. The molecule has 2 atom stereocenters. The number of nitrogens with zero attached hydrogens (tertiary/aromatic N) is 3. The minimum Gasteiger partial charge on any atom is -0.303 e. The van der Waals surface area contributed by atoms with Gasteiger partial charge in [-0.05, 0) is 95.3 Å². The van der Waals surface area contributed by atoms with Crippen LogP contribution in [0.3, 0.4) is 0 Å². The number of rotatable bonds is 6. The van der Waals surface area contributed by atoms with Gasteiger partial charge in [-0.3, -0.25) is 4.72 Å². The molecule has 0 amide bonds. The van der Waals surface area contributed by atoms with Crippen molar-refractivity contribution in [3.63, 3.8) is 0 Å². The Morgan fingerprint density at radius 3 is 2.44 bits per heavy atom. The van der Waals surface area contributed by atoms with Crippen molar-refractivity contribution in [3.8, 4) is 11.8 Å². The number of thioether (sulfide) groups is 2. The molecule has 0 aromatic carbocycles. The highest BCUT2D eigenvalue weighted by atomic mass is 32.2. The first-order valence-corrected chi connectivity index (χ1v) is 15.3. The van der Waals surface area contributed by atoms with E-state index >= 15 is 0 Å². The van der Waals surface area contributed by atoms with Gasteiger partial charge >= 0.3 is 0 Å². The maximum Gasteiger partial charge on any atom is 0.115 e. The van der Waals surface area contributed by atoms with Crippen LogP contribution in [0.15, 0.2) is 28.9 Å². The van der Waals surface area contributed by atoms with Gasteiger partial charge in [0, 0.05) is 30.6 Å². The van der Waals surface area contributed by atoms with Gasteiger partial charge in [-0.2, -0.15) is 11.8 Å². The summed E-state index contributed by atoms with van der Waals surface area (Å²) in [7, 11) is 0. The summed E-state index contributed by atoms with van der Waals surface area (Å²) in [5.41, 5.74) is 1.01. The number of hydrogen-bond acceptors (Lipinski definition) is 7. The van der Waals surface area contributed by atoms with Crippen molar-refractivity contribution in [2.45, 2.75) is 64.8 Å². The van der Waals surface area contributed by atoms with Crippen molar-refractivity contribution in [2.24, 2.45) is 5.92 Å². The van der Waals surface area contributed by atoms with E-state index in [1.807, 2.05) is 38.5 Å². The Morgan fingerprint density at radius 2 is 1.88 bits per heavy atom. The first-order chi connectivity index (χ1) is 15.6. The van der Waals surface area contributed by atoms with Gasteiger partial charge in [-0.1, -0.05) is 25.2 Å². The number of aryl methyl sites for hydroxylation is 1. The standard InChI is InChI=1S/C18H30N2S2.C5H6N2.C2H6S/c1-3-4-12-18(21-2)22-19-17-11-7-6-10-16(17)15-20-13-8-5-9-14-20;1-5-2-3-6-4-7-5;1-3-2/h12,16-17,19H,5-11,13-15H2,1-2H3;2-4H,1H3;1-2H3/b18-12+;;/t16-,17?;;/m0../s1. The van der Waals surface area contributed by atoms with E-state index in [2.05, 4.69) is 37.7 Å². The molecule has 3 rings (SSSR count). The predicted octanol–water partition coefficient (Wildman–Crippen LogP) is 6.26. The topological polar surface area (TPSA) is 41.0 Å². The largest absolute Gasteiger partial charge is 0.303 e. The summed E-state index contributed by atoms with van der Waals surface area (Å²) in [5.74, 6) is 6.83. The highest BCUT2D eigenvalue weighted by Crippen LogP contribution is 2.30. The SMILES string of the molecule is CC#C/C=C(\SC)SNC1CCCC[C@H]1CN1CCCCC1.CSC.Cc1ccncn1. The Balaban J connectivity index is 0.000000424. The molecule has 1 aromatic rings. The van der Waals surface area contributed by atoms with Crippen LogP contribution >= 0.6 is 35.5 Å². The quantitative estimate of drug-likeness (QED) is 0.370. The van der Waals surface area contributed by atoms with Crippen LogP contribution in [0.5, 0.6) is 0 Å². The van der Waals surface area contributed by atoms with Gasteiger partial charge in [0.25, 0.3) is 0 Å². The molecule has 4 nitrogen and oxygen atoms in total. The van der Waals surface area contributed by atoms with Gasteiger partial charge in [0.1, 0.15) is 6.33 Å². The van der Waals surface area contributed by atoms with Crippen molar-refractivity contribution in [1.82, 2.24) is 19.6 Å². The molecule has 0 spiro atoms.